The second-order valence-corrected chi connectivity index (χ2v) is 5.40. The Kier molecular flexibility index (Phi) is 2.78. The van der Waals surface area contributed by atoms with Gasteiger partial charge in [-0.05, 0) is 46.1 Å². The van der Waals surface area contributed by atoms with Gasteiger partial charge in [-0.1, -0.05) is 5.21 Å². The van der Waals surface area contributed by atoms with Crippen molar-refractivity contribution in [3.8, 4) is 0 Å². The zero-order chi connectivity index (χ0) is 10.9. The molecular formula is C11H20N4. The van der Waals surface area contributed by atoms with Crippen molar-refractivity contribution in [3.63, 3.8) is 0 Å². The van der Waals surface area contributed by atoms with Crippen molar-refractivity contribution in [3.05, 3.63) is 11.9 Å². The Morgan fingerprint density at radius 1 is 1.47 bits per heavy atom. The van der Waals surface area contributed by atoms with Gasteiger partial charge < -0.3 is 5.32 Å². The average molecular weight is 208 g/mol. The fourth-order valence-electron chi connectivity index (χ4n) is 1.43. The maximum Gasteiger partial charge on any atom is 0.0965 e. The highest BCUT2D eigenvalue weighted by atomic mass is 15.4. The largest absolute Gasteiger partial charge is 0.311 e. The summed E-state index contributed by atoms with van der Waals surface area (Å²) in [5.41, 5.74) is 1.06. The molecule has 0 aromatic carbocycles. The van der Waals surface area contributed by atoms with Gasteiger partial charge in [-0.3, -0.25) is 0 Å². The quantitative estimate of drug-likeness (QED) is 0.816. The van der Waals surface area contributed by atoms with Crippen LogP contribution in [0.1, 0.15) is 39.3 Å². The molecular weight excluding hydrogens is 188 g/mol. The van der Waals surface area contributed by atoms with Crippen LogP contribution < -0.4 is 5.32 Å². The van der Waals surface area contributed by atoms with E-state index in [4.69, 9.17) is 0 Å². The summed E-state index contributed by atoms with van der Waals surface area (Å²) in [6.45, 7) is 8.35. The Labute approximate surface area is 91.1 Å². The third-order valence-corrected chi connectivity index (χ3v) is 2.66. The van der Waals surface area contributed by atoms with Crippen LogP contribution in [0.25, 0.3) is 0 Å². The Morgan fingerprint density at radius 2 is 2.20 bits per heavy atom. The summed E-state index contributed by atoms with van der Waals surface area (Å²) < 4.78 is 1.92. The monoisotopic (exact) mass is 208 g/mol. The molecule has 0 unspecified atom stereocenters. The minimum atomic E-state index is 0.0295. The molecule has 1 aliphatic carbocycles. The average Bonchev–Trinajstić information content (AvgIpc) is 2.80. The van der Waals surface area contributed by atoms with E-state index in [9.17, 15) is 0 Å². The smallest absolute Gasteiger partial charge is 0.0965 e. The molecule has 0 spiro atoms. The minimum Gasteiger partial charge on any atom is -0.311 e. The van der Waals surface area contributed by atoms with Crippen molar-refractivity contribution in [2.75, 3.05) is 6.54 Å². The lowest BCUT2D eigenvalue weighted by Gasteiger charge is -2.17. The van der Waals surface area contributed by atoms with Crippen LogP contribution in [0.5, 0.6) is 0 Å². The van der Waals surface area contributed by atoms with Crippen molar-refractivity contribution in [2.45, 2.75) is 45.7 Å². The molecule has 1 heterocycles. The maximum absolute atomic E-state index is 4.15. The number of nitrogens with zero attached hydrogens (tertiary/aromatic N) is 3. The van der Waals surface area contributed by atoms with Crippen LogP contribution in [0.15, 0.2) is 6.20 Å². The summed E-state index contributed by atoms with van der Waals surface area (Å²) in [5, 5.41) is 11.7. The van der Waals surface area contributed by atoms with Gasteiger partial charge >= 0.3 is 0 Å². The molecule has 0 aliphatic heterocycles. The Hall–Kier alpha value is -0.900. The van der Waals surface area contributed by atoms with E-state index < -0.39 is 0 Å². The van der Waals surface area contributed by atoms with Crippen LogP contribution in [0.4, 0.5) is 0 Å². The molecule has 4 heteroatoms. The normalized spacial score (nSPS) is 17.0. The number of rotatable bonds is 4. The molecule has 0 radical (unpaired) electrons. The first-order valence-electron chi connectivity index (χ1n) is 5.68. The number of hydrogen-bond acceptors (Lipinski definition) is 3. The first kappa shape index (κ1) is 10.6. The summed E-state index contributed by atoms with van der Waals surface area (Å²) in [4.78, 5) is 0. The zero-order valence-corrected chi connectivity index (χ0v) is 9.82. The number of aromatic nitrogens is 3. The van der Waals surface area contributed by atoms with Crippen LogP contribution >= 0.6 is 0 Å². The highest BCUT2D eigenvalue weighted by Crippen LogP contribution is 2.27. The van der Waals surface area contributed by atoms with E-state index in [0.717, 1.165) is 24.7 Å². The lowest BCUT2D eigenvalue weighted by atomic mass is 10.1. The van der Waals surface area contributed by atoms with E-state index in [0.29, 0.717) is 0 Å². The van der Waals surface area contributed by atoms with Crippen LogP contribution in [-0.4, -0.2) is 21.5 Å². The van der Waals surface area contributed by atoms with Gasteiger partial charge in [-0.15, -0.1) is 5.10 Å². The lowest BCUT2D eigenvalue weighted by Crippen LogP contribution is -2.22. The zero-order valence-electron chi connectivity index (χ0n) is 9.82. The molecule has 1 aromatic heterocycles. The Morgan fingerprint density at radius 3 is 2.73 bits per heavy atom. The van der Waals surface area contributed by atoms with Crippen LogP contribution in [0.2, 0.25) is 0 Å². The molecule has 0 amide bonds. The van der Waals surface area contributed by atoms with Crippen LogP contribution in [0.3, 0.4) is 0 Å². The maximum atomic E-state index is 4.15. The van der Waals surface area contributed by atoms with Gasteiger partial charge in [0.2, 0.25) is 0 Å². The second kappa shape index (κ2) is 3.93. The molecule has 0 bridgehead atoms. The van der Waals surface area contributed by atoms with E-state index in [-0.39, 0.29) is 5.54 Å². The summed E-state index contributed by atoms with van der Waals surface area (Å²) >= 11 is 0. The fraction of sp³-hybridized carbons (Fsp3) is 0.818. The molecule has 1 aromatic rings. The van der Waals surface area contributed by atoms with Crippen LogP contribution in [-0.2, 0) is 12.1 Å². The summed E-state index contributed by atoms with van der Waals surface area (Å²) in [7, 11) is 0. The molecule has 15 heavy (non-hydrogen) atoms. The molecule has 0 saturated heterocycles. The van der Waals surface area contributed by atoms with Crippen molar-refractivity contribution in [1.29, 1.82) is 0 Å². The van der Waals surface area contributed by atoms with Crippen LogP contribution in [0, 0.1) is 5.92 Å². The van der Waals surface area contributed by atoms with Gasteiger partial charge in [-0.25, -0.2) is 4.68 Å². The third kappa shape index (κ3) is 3.02. The standard InChI is InChI=1S/C11H20N4/c1-11(2,3)15-8-10(13-14-15)7-12-6-9-4-5-9/h8-9,12H,4-7H2,1-3H3. The predicted molar refractivity (Wildman–Crippen MR) is 59.4 cm³/mol. The molecule has 0 atom stereocenters. The third-order valence-electron chi connectivity index (χ3n) is 2.66. The van der Waals surface area contributed by atoms with Gasteiger partial charge in [-0.2, -0.15) is 0 Å². The summed E-state index contributed by atoms with van der Waals surface area (Å²) in [5.74, 6) is 0.919. The van der Waals surface area contributed by atoms with Gasteiger partial charge in [0.15, 0.2) is 0 Å². The minimum absolute atomic E-state index is 0.0295. The Bertz CT molecular complexity index is 320. The van der Waals surface area contributed by atoms with Gasteiger partial charge in [0.05, 0.1) is 17.4 Å². The molecule has 1 N–H and O–H groups in total. The lowest BCUT2D eigenvalue weighted by molar-refractivity contribution is 0.347. The van der Waals surface area contributed by atoms with Gasteiger partial charge in [0.1, 0.15) is 0 Å². The highest BCUT2D eigenvalue weighted by molar-refractivity contribution is 4.94. The number of nitrogens with one attached hydrogen (secondary N) is 1. The molecule has 1 aliphatic rings. The molecule has 84 valence electrons. The topological polar surface area (TPSA) is 42.7 Å². The van der Waals surface area contributed by atoms with Crippen molar-refractivity contribution < 1.29 is 0 Å². The van der Waals surface area contributed by atoms with E-state index >= 15 is 0 Å². The van der Waals surface area contributed by atoms with E-state index in [1.165, 1.54) is 12.8 Å². The fourth-order valence-corrected chi connectivity index (χ4v) is 1.43. The van der Waals surface area contributed by atoms with Crippen molar-refractivity contribution in [1.82, 2.24) is 20.3 Å². The molecule has 4 nitrogen and oxygen atoms in total. The second-order valence-electron chi connectivity index (χ2n) is 5.40. The van der Waals surface area contributed by atoms with E-state index in [1.807, 2.05) is 10.9 Å². The predicted octanol–water partition coefficient (Wildman–Crippen LogP) is 1.53. The first-order valence-corrected chi connectivity index (χ1v) is 5.68. The molecule has 2 rings (SSSR count). The highest BCUT2D eigenvalue weighted by Gasteiger charge is 2.20. The molecule has 1 saturated carbocycles. The van der Waals surface area contributed by atoms with E-state index in [1.54, 1.807) is 0 Å². The summed E-state index contributed by atoms with van der Waals surface area (Å²) in [6, 6.07) is 0. The van der Waals surface area contributed by atoms with Gasteiger partial charge in [0.25, 0.3) is 0 Å². The van der Waals surface area contributed by atoms with Crippen molar-refractivity contribution >= 4 is 0 Å². The van der Waals surface area contributed by atoms with E-state index in [2.05, 4.69) is 36.4 Å². The molecule has 1 fully saturated rings. The summed E-state index contributed by atoms with van der Waals surface area (Å²) in [6.07, 6.45) is 4.81. The SMILES string of the molecule is CC(C)(C)n1cc(CNCC2CC2)nn1. The van der Waals surface area contributed by atoms with Crippen molar-refractivity contribution in [2.24, 2.45) is 5.92 Å². The Balaban J connectivity index is 1.83. The first-order chi connectivity index (χ1) is 7.05. The number of hydrogen-bond donors (Lipinski definition) is 1. The van der Waals surface area contributed by atoms with Gasteiger partial charge in [0, 0.05) is 6.54 Å².